The number of imide groups is 1. The van der Waals surface area contributed by atoms with Crippen LogP contribution in [0.25, 0.3) is 0 Å². The van der Waals surface area contributed by atoms with Crippen LogP contribution in [0.2, 0.25) is 0 Å². The topological polar surface area (TPSA) is 103 Å². The molecule has 0 aliphatic carbocycles. The van der Waals surface area contributed by atoms with Gasteiger partial charge in [0.2, 0.25) is 5.89 Å². The summed E-state index contributed by atoms with van der Waals surface area (Å²) in [6.45, 7) is 3.44. The Kier molecular flexibility index (Phi) is 4.60. The second kappa shape index (κ2) is 6.84. The van der Waals surface area contributed by atoms with E-state index in [4.69, 9.17) is 9.15 Å². The third-order valence-corrected chi connectivity index (χ3v) is 3.84. The summed E-state index contributed by atoms with van der Waals surface area (Å²) in [4.78, 5) is 37.5. The number of amides is 2. The molecule has 0 saturated carbocycles. The number of benzene rings is 1. The van der Waals surface area contributed by atoms with Gasteiger partial charge in [-0.15, -0.1) is 10.2 Å². The number of esters is 1. The van der Waals surface area contributed by atoms with E-state index in [1.165, 1.54) is 0 Å². The predicted molar refractivity (Wildman–Crippen MR) is 84.6 cm³/mol. The van der Waals surface area contributed by atoms with Gasteiger partial charge in [0.1, 0.15) is 0 Å². The summed E-state index contributed by atoms with van der Waals surface area (Å²) in [5.74, 6) is -0.498. The molecule has 0 saturated heterocycles. The third-order valence-electron chi connectivity index (χ3n) is 3.84. The van der Waals surface area contributed by atoms with Crippen molar-refractivity contribution in [2.75, 3.05) is 6.54 Å². The van der Waals surface area contributed by atoms with Gasteiger partial charge in [-0.1, -0.05) is 12.1 Å². The number of rotatable bonds is 6. The zero-order valence-electron chi connectivity index (χ0n) is 13.9. The van der Waals surface area contributed by atoms with Gasteiger partial charge < -0.3 is 9.15 Å². The van der Waals surface area contributed by atoms with Gasteiger partial charge in [0.05, 0.1) is 11.1 Å². The van der Waals surface area contributed by atoms with Crippen LogP contribution in [0.15, 0.2) is 28.7 Å². The quantitative estimate of drug-likeness (QED) is 0.584. The van der Waals surface area contributed by atoms with Gasteiger partial charge in [0.25, 0.3) is 17.7 Å². The highest BCUT2D eigenvalue weighted by Gasteiger charge is 2.34. The molecule has 8 nitrogen and oxygen atoms in total. The monoisotopic (exact) mass is 343 g/mol. The Labute approximate surface area is 143 Å². The predicted octanol–water partition coefficient (Wildman–Crippen LogP) is 2.06. The van der Waals surface area contributed by atoms with E-state index in [-0.39, 0.29) is 30.7 Å². The van der Waals surface area contributed by atoms with Gasteiger partial charge in [-0.2, -0.15) is 0 Å². The maximum Gasteiger partial charge on any atom is 0.306 e. The average Bonchev–Trinajstić information content (AvgIpc) is 3.13. The summed E-state index contributed by atoms with van der Waals surface area (Å²) in [6.07, 6.45) is -0.252. The van der Waals surface area contributed by atoms with E-state index >= 15 is 0 Å². The van der Waals surface area contributed by atoms with Crippen LogP contribution in [-0.2, 0) is 9.53 Å². The SMILES string of the molecule is Cc1nnc(C(C)OC(=O)CCCN2C(=O)c3ccccc3C2=O)o1. The summed E-state index contributed by atoms with van der Waals surface area (Å²) >= 11 is 0. The lowest BCUT2D eigenvalue weighted by molar-refractivity contribution is -0.149. The van der Waals surface area contributed by atoms with Crippen LogP contribution in [0.1, 0.15) is 58.4 Å². The first-order valence-corrected chi connectivity index (χ1v) is 7.92. The first-order chi connectivity index (χ1) is 12.0. The number of aromatic nitrogens is 2. The van der Waals surface area contributed by atoms with Crippen LogP contribution in [0, 0.1) is 6.92 Å². The minimum absolute atomic E-state index is 0.0743. The van der Waals surface area contributed by atoms with Crippen molar-refractivity contribution in [2.24, 2.45) is 0 Å². The van der Waals surface area contributed by atoms with Crippen LogP contribution >= 0.6 is 0 Å². The molecule has 0 N–H and O–H groups in total. The number of carbonyl (C=O) groups excluding carboxylic acids is 3. The van der Waals surface area contributed by atoms with Crippen molar-refractivity contribution in [3.63, 3.8) is 0 Å². The molecule has 1 aliphatic heterocycles. The highest BCUT2D eigenvalue weighted by atomic mass is 16.6. The van der Waals surface area contributed by atoms with E-state index in [2.05, 4.69) is 10.2 Å². The number of fused-ring (bicyclic) bond motifs is 1. The molecule has 0 bridgehead atoms. The van der Waals surface area contributed by atoms with E-state index in [0.29, 0.717) is 23.4 Å². The number of nitrogens with zero attached hydrogens (tertiary/aromatic N) is 3. The summed E-state index contributed by atoms with van der Waals surface area (Å²) in [7, 11) is 0. The minimum atomic E-state index is -0.645. The number of hydrogen-bond donors (Lipinski definition) is 0. The molecule has 130 valence electrons. The van der Waals surface area contributed by atoms with Crippen molar-refractivity contribution in [1.82, 2.24) is 15.1 Å². The lowest BCUT2D eigenvalue weighted by Gasteiger charge is -2.14. The Morgan fingerprint density at radius 3 is 2.40 bits per heavy atom. The maximum atomic E-state index is 12.2. The number of hydrogen-bond acceptors (Lipinski definition) is 7. The van der Waals surface area contributed by atoms with E-state index in [1.807, 2.05) is 0 Å². The molecule has 1 atom stereocenters. The molecular weight excluding hydrogens is 326 g/mol. The third kappa shape index (κ3) is 3.42. The Hall–Kier alpha value is -3.03. The maximum absolute atomic E-state index is 12.2. The Bertz CT molecular complexity index is 794. The molecule has 1 aromatic heterocycles. The summed E-state index contributed by atoms with van der Waals surface area (Å²) in [5, 5.41) is 7.47. The lowest BCUT2D eigenvalue weighted by Crippen LogP contribution is -2.31. The minimum Gasteiger partial charge on any atom is -0.453 e. The lowest BCUT2D eigenvalue weighted by atomic mass is 10.1. The zero-order valence-corrected chi connectivity index (χ0v) is 13.9. The van der Waals surface area contributed by atoms with E-state index in [9.17, 15) is 14.4 Å². The summed E-state index contributed by atoms with van der Waals surface area (Å²) in [6, 6.07) is 6.67. The van der Waals surface area contributed by atoms with Crippen LogP contribution in [0.3, 0.4) is 0 Å². The van der Waals surface area contributed by atoms with Gasteiger partial charge in [-0.05, 0) is 25.5 Å². The van der Waals surface area contributed by atoms with Crippen LogP contribution in [0.4, 0.5) is 0 Å². The molecule has 2 heterocycles. The molecule has 3 rings (SSSR count). The molecule has 25 heavy (non-hydrogen) atoms. The van der Waals surface area contributed by atoms with Crippen molar-refractivity contribution in [2.45, 2.75) is 32.8 Å². The Morgan fingerprint density at radius 2 is 1.84 bits per heavy atom. The molecule has 2 aromatic rings. The molecule has 0 radical (unpaired) electrons. The molecule has 1 aliphatic rings. The fourth-order valence-electron chi connectivity index (χ4n) is 2.61. The largest absolute Gasteiger partial charge is 0.453 e. The number of ether oxygens (including phenoxy) is 1. The number of carbonyl (C=O) groups is 3. The first kappa shape index (κ1) is 16.8. The van der Waals surface area contributed by atoms with E-state index in [1.54, 1.807) is 38.1 Å². The highest BCUT2D eigenvalue weighted by Crippen LogP contribution is 2.23. The normalized spacial score (nSPS) is 14.6. The fourth-order valence-corrected chi connectivity index (χ4v) is 2.61. The number of aryl methyl sites for hydroxylation is 1. The molecule has 2 amide bonds. The highest BCUT2D eigenvalue weighted by molar-refractivity contribution is 6.21. The van der Waals surface area contributed by atoms with Crippen LogP contribution in [-0.4, -0.2) is 39.4 Å². The second-order valence-corrected chi connectivity index (χ2v) is 5.70. The Morgan fingerprint density at radius 1 is 1.20 bits per heavy atom. The van der Waals surface area contributed by atoms with Crippen molar-refractivity contribution < 1.29 is 23.5 Å². The second-order valence-electron chi connectivity index (χ2n) is 5.70. The molecule has 1 unspecified atom stereocenters. The van der Waals surface area contributed by atoms with Crippen molar-refractivity contribution in [3.05, 3.63) is 47.2 Å². The smallest absolute Gasteiger partial charge is 0.306 e. The first-order valence-electron chi connectivity index (χ1n) is 7.92. The molecule has 1 aromatic carbocycles. The van der Waals surface area contributed by atoms with Gasteiger partial charge in [0, 0.05) is 19.9 Å². The van der Waals surface area contributed by atoms with Crippen molar-refractivity contribution in [1.29, 1.82) is 0 Å². The van der Waals surface area contributed by atoms with Gasteiger partial charge in [-0.3, -0.25) is 19.3 Å². The summed E-state index contributed by atoms with van der Waals surface area (Å²) < 4.78 is 10.4. The van der Waals surface area contributed by atoms with Crippen LogP contribution < -0.4 is 0 Å². The molecule has 8 heteroatoms. The fraction of sp³-hybridized carbons (Fsp3) is 0.353. The van der Waals surface area contributed by atoms with Gasteiger partial charge >= 0.3 is 5.97 Å². The summed E-state index contributed by atoms with van der Waals surface area (Å²) in [5.41, 5.74) is 0.797. The Balaban J connectivity index is 1.49. The van der Waals surface area contributed by atoms with E-state index < -0.39 is 12.1 Å². The molecular formula is C17H17N3O5. The van der Waals surface area contributed by atoms with Crippen molar-refractivity contribution in [3.8, 4) is 0 Å². The van der Waals surface area contributed by atoms with Gasteiger partial charge in [-0.25, -0.2) is 0 Å². The average molecular weight is 343 g/mol. The van der Waals surface area contributed by atoms with Gasteiger partial charge in [0.15, 0.2) is 6.10 Å². The van der Waals surface area contributed by atoms with Crippen molar-refractivity contribution >= 4 is 17.8 Å². The van der Waals surface area contributed by atoms with E-state index in [0.717, 1.165) is 4.90 Å². The molecule has 0 spiro atoms. The zero-order chi connectivity index (χ0) is 18.0. The standard InChI is InChI=1S/C17H17N3O5/c1-10(15-19-18-11(2)25-15)24-14(21)8-5-9-20-16(22)12-6-3-4-7-13(12)17(20)23/h3-4,6-7,10H,5,8-9H2,1-2H3. The molecule has 0 fully saturated rings. The van der Waals surface area contributed by atoms with Crippen LogP contribution in [0.5, 0.6) is 0 Å².